The minimum absolute atomic E-state index is 0.0640. The Bertz CT molecular complexity index is 462. The first-order valence-corrected chi connectivity index (χ1v) is 7.21. The van der Waals surface area contributed by atoms with Gasteiger partial charge in [-0.1, -0.05) is 48.5 Å². The molecule has 0 atom stereocenters. The molecule has 104 valence electrons. The summed E-state index contributed by atoms with van der Waals surface area (Å²) in [5.41, 5.74) is -0.384. The molecule has 19 heavy (non-hydrogen) atoms. The van der Waals surface area contributed by atoms with Crippen LogP contribution in [0.3, 0.4) is 0 Å². The minimum Gasteiger partial charge on any atom is -0.624 e. The van der Waals surface area contributed by atoms with Crippen molar-refractivity contribution < 1.29 is 9.85 Å². The van der Waals surface area contributed by atoms with E-state index in [0.717, 1.165) is 24.0 Å². The van der Waals surface area contributed by atoms with Crippen LogP contribution in [0.2, 0.25) is 10.0 Å². The summed E-state index contributed by atoms with van der Waals surface area (Å²) in [5, 5.41) is 23.2. The Morgan fingerprint density at radius 3 is 2.37 bits per heavy atom. The Morgan fingerprint density at radius 2 is 1.79 bits per heavy atom. The molecule has 0 spiro atoms. The monoisotopic (exact) mass is 301 g/mol. The van der Waals surface area contributed by atoms with Crippen molar-refractivity contribution in [2.75, 3.05) is 6.54 Å². The lowest BCUT2D eigenvalue weighted by Crippen LogP contribution is -2.39. The van der Waals surface area contributed by atoms with Crippen molar-refractivity contribution in [3.05, 3.63) is 39.0 Å². The molecule has 1 aliphatic carbocycles. The van der Waals surface area contributed by atoms with E-state index in [1.54, 1.807) is 18.2 Å². The first kappa shape index (κ1) is 14.6. The van der Waals surface area contributed by atoms with Crippen LogP contribution in [0.4, 0.5) is 0 Å². The van der Waals surface area contributed by atoms with Gasteiger partial charge in [-0.2, -0.15) is 0 Å². The predicted molar refractivity (Wildman–Crippen MR) is 78.2 cm³/mol. The van der Waals surface area contributed by atoms with Gasteiger partial charge in [-0.15, -0.1) is 0 Å². The Hall–Kier alpha value is -0.770. The van der Waals surface area contributed by atoms with Gasteiger partial charge in [0.05, 0.1) is 15.6 Å². The molecule has 1 aromatic rings. The normalized spacial score (nSPS) is 19.4. The maximum Gasteiger partial charge on any atom is 0.184 e. The molecule has 0 saturated heterocycles. The number of hydrogen-bond acceptors (Lipinski definition) is 2. The number of rotatable bonds is 3. The predicted octanol–water partition coefficient (Wildman–Crippen LogP) is 3.62. The Labute approximate surface area is 123 Å². The summed E-state index contributed by atoms with van der Waals surface area (Å²) in [6.45, 7) is 0.0640. The van der Waals surface area contributed by atoms with E-state index in [0.29, 0.717) is 28.5 Å². The van der Waals surface area contributed by atoms with E-state index in [-0.39, 0.29) is 6.54 Å². The van der Waals surface area contributed by atoms with Gasteiger partial charge < -0.3 is 10.3 Å². The van der Waals surface area contributed by atoms with Gasteiger partial charge in [-0.3, -0.25) is 0 Å². The molecular formula is C14H17Cl2NO2. The number of aliphatic hydroxyl groups is 1. The topological polar surface area (TPSA) is 46.3 Å². The highest BCUT2D eigenvalue weighted by molar-refractivity contribution is 6.38. The molecule has 1 N–H and O–H groups in total. The molecule has 0 amide bonds. The van der Waals surface area contributed by atoms with Crippen LogP contribution in [-0.2, 0) is 0 Å². The third-order valence-electron chi connectivity index (χ3n) is 3.51. The fourth-order valence-corrected chi connectivity index (χ4v) is 2.98. The molecule has 1 aliphatic rings. The second-order valence-corrected chi connectivity index (χ2v) is 5.94. The standard InChI is InChI=1S/C14H17Cl2NO2/c15-12-5-4-6-13(16)11(12)9-17(19)10-14(18)7-2-1-3-8-14/h4-6,9,18H,1-3,7-8,10H2/b17-9+. The van der Waals surface area contributed by atoms with Gasteiger partial charge in [-0.05, 0) is 25.0 Å². The SMILES string of the molecule is [O-]/[N+](=C/c1c(Cl)cccc1Cl)CC1(O)CCCCC1. The quantitative estimate of drug-likeness (QED) is 0.401. The average Bonchev–Trinajstić information content (AvgIpc) is 2.34. The lowest BCUT2D eigenvalue weighted by molar-refractivity contribution is -0.476. The second kappa shape index (κ2) is 6.12. The van der Waals surface area contributed by atoms with Gasteiger partial charge >= 0.3 is 0 Å². The molecule has 1 aromatic carbocycles. The van der Waals surface area contributed by atoms with Crippen molar-refractivity contribution in [2.24, 2.45) is 0 Å². The van der Waals surface area contributed by atoms with Crippen LogP contribution >= 0.6 is 23.2 Å². The van der Waals surface area contributed by atoms with Crippen molar-refractivity contribution >= 4 is 29.4 Å². The molecular weight excluding hydrogens is 285 g/mol. The maximum absolute atomic E-state index is 12.0. The van der Waals surface area contributed by atoms with E-state index in [1.165, 1.54) is 6.21 Å². The van der Waals surface area contributed by atoms with Crippen molar-refractivity contribution in [2.45, 2.75) is 37.7 Å². The largest absolute Gasteiger partial charge is 0.624 e. The zero-order chi connectivity index (χ0) is 13.9. The van der Waals surface area contributed by atoms with Gasteiger partial charge in [0.1, 0.15) is 5.60 Å². The number of nitrogens with zero attached hydrogens (tertiary/aromatic N) is 1. The molecule has 0 unspecified atom stereocenters. The van der Waals surface area contributed by atoms with E-state index >= 15 is 0 Å². The smallest absolute Gasteiger partial charge is 0.184 e. The zero-order valence-electron chi connectivity index (χ0n) is 10.6. The summed E-state index contributed by atoms with van der Waals surface area (Å²) in [7, 11) is 0. The van der Waals surface area contributed by atoms with Crippen LogP contribution in [0.1, 0.15) is 37.7 Å². The molecule has 1 saturated carbocycles. The summed E-state index contributed by atoms with van der Waals surface area (Å²) in [4.78, 5) is 0. The van der Waals surface area contributed by atoms with Gasteiger partial charge in [-0.25, -0.2) is 4.74 Å². The van der Waals surface area contributed by atoms with Crippen molar-refractivity contribution in [3.8, 4) is 0 Å². The van der Waals surface area contributed by atoms with Gasteiger partial charge in [0.2, 0.25) is 0 Å². The van der Waals surface area contributed by atoms with Crippen molar-refractivity contribution in [3.63, 3.8) is 0 Å². The number of halogens is 2. The van der Waals surface area contributed by atoms with Crippen LogP contribution in [0.15, 0.2) is 18.2 Å². The molecule has 0 heterocycles. The van der Waals surface area contributed by atoms with Gasteiger partial charge in [0.25, 0.3) is 0 Å². The summed E-state index contributed by atoms with van der Waals surface area (Å²) in [6.07, 6.45) is 5.78. The molecule has 5 heteroatoms. The van der Waals surface area contributed by atoms with Crippen LogP contribution in [0.5, 0.6) is 0 Å². The number of hydroxylamine groups is 1. The summed E-state index contributed by atoms with van der Waals surface area (Å²) in [6, 6.07) is 5.09. The first-order valence-electron chi connectivity index (χ1n) is 6.45. The summed E-state index contributed by atoms with van der Waals surface area (Å²) in [5.74, 6) is 0. The zero-order valence-corrected chi connectivity index (χ0v) is 12.1. The lowest BCUT2D eigenvalue weighted by Gasteiger charge is -2.30. The van der Waals surface area contributed by atoms with E-state index in [4.69, 9.17) is 23.2 Å². The molecule has 0 aliphatic heterocycles. The Balaban J connectivity index is 2.14. The Morgan fingerprint density at radius 1 is 1.21 bits per heavy atom. The second-order valence-electron chi connectivity index (χ2n) is 5.12. The third-order valence-corrected chi connectivity index (χ3v) is 4.17. The highest BCUT2D eigenvalue weighted by Gasteiger charge is 2.32. The van der Waals surface area contributed by atoms with Gasteiger partial charge in [0.15, 0.2) is 12.8 Å². The van der Waals surface area contributed by atoms with Crippen LogP contribution in [0, 0.1) is 5.21 Å². The molecule has 0 aromatic heterocycles. The fraction of sp³-hybridized carbons (Fsp3) is 0.500. The fourth-order valence-electron chi connectivity index (χ4n) is 2.48. The van der Waals surface area contributed by atoms with Crippen LogP contribution in [-0.4, -0.2) is 28.2 Å². The van der Waals surface area contributed by atoms with Crippen LogP contribution < -0.4 is 0 Å². The third kappa shape index (κ3) is 3.85. The maximum atomic E-state index is 12.0. The van der Waals surface area contributed by atoms with E-state index in [9.17, 15) is 10.3 Å². The lowest BCUT2D eigenvalue weighted by atomic mass is 9.85. The molecule has 0 bridgehead atoms. The summed E-state index contributed by atoms with van der Waals surface area (Å²) < 4.78 is 0.735. The Kier molecular flexibility index (Phi) is 4.71. The number of benzene rings is 1. The van der Waals surface area contributed by atoms with Crippen LogP contribution in [0.25, 0.3) is 0 Å². The molecule has 2 rings (SSSR count). The molecule has 1 fully saturated rings. The highest BCUT2D eigenvalue weighted by Crippen LogP contribution is 2.28. The van der Waals surface area contributed by atoms with E-state index in [1.807, 2.05) is 0 Å². The summed E-state index contributed by atoms with van der Waals surface area (Å²) >= 11 is 12.0. The highest BCUT2D eigenvalue weighted by atomic mass is 35.5. The van der Waals surface area contributed by atoms with E-state index in [2.05, 4.69) is 0 Å². The average molecular weight is 302 g/mol. The number of hydrogen-bond donors (Lipinski definition) is 1. The molecule has 3 nitrogen and oxygen atoms in total. The molecule has 0 radical (unpaired) electrons. The van der Waals surface area contributed by atoms with E-state index < -0.39 is 5.60 Å². The van der Waals surface area contributed by atoms with Gasteiger partial charge in [0, 0.05) is 0 Å². The minimum atomic E-state index is -0.885. The van der Waals surface area contributed by atoms with Crippen molar-refractivity contribution in [1.29, 1.82) is 0 Å². The first-order chi connectivity index (χ1) is 9.00. The van der Waals surface area contributed by atoms with Crippen molar-refractivity contribution in [1.82, 2.24) is 0 Å².